The lowest BCUT2D eigenvalue weighted by molar-refractivity contribution is -0.118. The van der Waals surface area contributed by atoms with Crippen molar-refractivity contribution in [2.45, 2.75) is 32.9 Å². The predicted octanol–water partition coefficient (Wildman–Crippen LogP) is 3.79. The van der Waals surface area contributed by atoms with E-state index in [1.807, 2.05) is 42.7 Å². The Bertz CT molecular complexity index is 983. The van der Waals surface area contributed by atoms with Crippen molar-refractivity contribution in [2.75, 3.05) is 18.9 Å². The molecule has 0 saturated heterocycles. The first-order valence-corrected chi connectivity index (χ1v) is 10.5. The van der Waals surface area contributed by atoms with Crippen LogP contribution < -0.4 is 10.1 Å². The normalized spacial score (nSPS) is 10.8. The Morgan fingerprint density at radius 1 is 1.03 bits per heavy atom. The van der Waals surface area contributed by atoms with Gasteiger partial charge >= 0.3 is 0 Å². The van der Waals surface area contributed by atoms with Crippen LogP contribution in [0.25, 0.3) is 5.69 Å². The summed E-state index contributed by atoms with van der Waals surface area (Å²) in [6, 6.07) is 14.1. The molecule has 0 aliphatic heterocycles. The van der Waals surface area contributed by atoms with Gasteiger partial charge in [0.2, 0.25) is 5.91 Å². The van der Waals surface area contributed by atoms with Crippen LogP contribution in [-0.4, -0.2) is 39.6 Å². The lowest BCUT2D eigenvalue weighted by Crippen LogP contribution is -2.29. The monoisotopic (exact) mass is 410 g/mol. The minimum atomic E-state index is -0.0596. The van der Waals surface area contributed by atoms with E-state index in [9.17, 15) is 4.79 Å². The summed E-state index contributed by atoms with van der Waals surface area (Å²) in [5, 5.41) is 12.0. The average Bonchev–Trinajstić information content (AvgIpc) is 3.07. The summed E-state index contributed by atoms with van der Waals surface area (Å²) in [5.41, 5.74) is 4.53. The maximum Gasteiger partial charge on any atom is 0.230 e. The maximum absolute atomic E-state index is 12.2. The van der Waals surface area contributed by atoms with Gasteiger partial charge in [0.25, 0.3) is 0 Å². The van der Waals surface area contributed by atoms with Crippen LogP contribution in [0, 0.1) is 27.7 Å². The second kappa shape index (κ2) is 9.60. The third-order valence-electron chi connectivity index (χ3n) is 4.45. The number of benzene rings is 2. The Balaban J connectivity index is 1.52. The van der Waals surface area contributed by atoms with Crippen LogP contribution in [0.2, 0.25) is 0 Å². The van der Waals surface area contributed by atoms with Crippen LogP contribution in [-0.2, 0) is 4.79 Å². The summed E-state index contributed by atoms with van der Waals surface area (Å²) < 4.78 is 7.63. The molecule has 7 heteroatoms. The summed E-state index contributed by atoms with van der Waals surface area (Å²) in [7, 11) is 0. The summed E-state index contributed by atoms with van der Waals surface area (Å²) in [6.45, 7) is 8.95. The molecule has 2 aromatic carbocycles. The van der Waals surface area contributed by atoms with E-state index in [-0.39, 0.29) is 11.7 Å². The molecule has 1 amide bonds. The Morgan fingerprint density at radius 2 is 1.76 bits per heavy atom. The molecule has 152 valence electrons. The molecule has 0 fully saturated rings. The van der Waals surface area contributed by atoms with Gasteiger partial charge in [-0.1, -0.05) is 41.6 Å². The topological polar surface area (TPSA) is 69.0 Å². The number of aromatic nitrogens is 3. The fraction of sp³-hybridized carbons (Fsp3) is 0.318. The van der Waals surface area contributed by atoms with E-state index in [1.54, 1.807) is 0 Å². The van der Waals surface area contributed by atoms with E-state index in [4.69, 9.17) is 4.74 Å². The van der Waals surface area contributed by atoms with E-state index < -0.39 is 0 Å². The van der Waals surface area contributed by atoms with E-state index >= 15 is 0 Å². The van der Waals surface area contributed by atoms with E-state index in [2.05, 4.69) is 47.6 Å². The molecule has 3 rings (SSSR count). The third kappa shape index (κ3) is 5.60. The number of carbonyl (C=O) groups excluding carboxylic acids is 1. The fourth-order valence-corrected chi connectivity index (χ4v) is 3.67. The van der Waals surface area contributed by atoms with Crippen LogP contribution in [0.3, 0.4) is 0 Å². The van der Waals surface area contributed by atoms with Crippen LogP contribution >= 0.6 is 11.8 Å². The molecule has 0 saturated carbocycles. The molecule has 3 aromatic rings. The fourth-order valence-electron chi connectivity index (χ4n) is 2.85. The van der Waals surface area contributed by atoms with Crippen LogP contribution in [0.1, 0.15) is 22.5 Å². The number of amides is 1. The Labute approximate surface area is 175 Å². The van der Waals surface area contributed by atoms with Crippen molar-refractivity contribution in [3.8, 4) is 11.4 Å². The van der Waals surface area contributed by atoms with Gasteiger partial charge in [-0.3, -0.25) is 9.36 Å². The first-order valence-electron chi connectivity index (χ1n) is 9.52. The molecule has 0 aliphatic rings. The van der Waals surface area contributed by atoms with E-state index in [1.165, 1.54) is 22.9 Å². The molecule has 0 unspecified atom stereocenters. The van der Waals surface area contributed by atoms with Crippen LogP contribution in [0.5, 0.6) is 5.75 Å². The maximum atomic E-state index is 12.2. The lowest BCUT2D eigenvalue weighted by atomic mass is 10.1. The number of aryl methyl sites for hydroxylation is 4. The van der Waals surface area contributed by atoms with Crippen molar-refractivity contribution in [3.05, 3.63) is 65.0 Å². The van der Waals surface area contributed by atoms with Gasteiger partial charge in [0.05, 0.1) is 18.0 Å². The van der Waals surface area contributed by atoms with Gasteiger partial charge in [-0.15, -0.1) is 10.2 Å². The van der Waals surface area contributed by atoms with Crippen molar-refractivity contribution in [2.24, 2.45) is 0 Å². The number of hydrogen-bond donors (Lipinski definition) is 1. The minimum absolute atomic E-state index is 0.0596. The highest BCUT2D eigenvalue weighted by molar-refractivity contribution is 7.99. The van der Waals surface area contributed by atoms with Crippen LogP contribution in [0.4, 0.5) is 0 Å². The summed E-state index contributed by atoms with van der Waals surface area (Å²) >= 11 is 1.38. The molecule has 0 spiro atoms. The van der Waals surface area contributed by atoms with Crippen molar-refractivity contribution in [3.63, 3.8) is 0 Å². The average molecular weight is 411 g/mol. The number of carbonyl (C=O) groups is 1. The van der Waals surface area contributed by atoms with Gasteiger partial charge in [-0.25, -0.2) is 0 Å². The number of hydrogen-bond acceptors (Lipinski definition) is 5. The molecule has 0 bridgehead atoms. The summed E-state index contributed by atoms with van der Waals surface area (Å²) in [5.74, 6) is 1.81. The highest BCUT2D eigenvalue weighted by Crippen LogP contribution is 2.24. The Morgan fingerprint density at radius 3 is 2.52 bits per heavy atom. The summed E-state index contributed by atoms with van der Waals surface area (Å²) in [4.78, 5) is 12.2. The van der Waals surface area contributed by atoms with Gasteiger partial charge in [0, 0.05) is 0 Å². The van der Waals surface area contributed by atoms with Crippen molar-refractivity contribution in [1.29, 1.82) is 0 Å². The summed E-state index contributed by atoms with van der Waals surface area (Å²) in [6.07, 6.45) is 0. The smallest absolute Gasteiger partial charge is 0.230 e. The molecule has 29 heavy (non-hydrogen) atoms. The van der Waals surface area contributed by atoms with Crippen molar-refractivity contribution in [1.82, 2.24) is 20.1 Å². The Hall–Kier alpha value is -2.80. The quantitative estimate of drug-likeness (QED) is 0.452. The SMILES string of the molecule is Cc1ccc(OCCNC(=O)CSc2nnc(C)n2-c2cc(C)ccc2C)cc1. The number of nitrogens with one attached hydrogen (secondary N) is 1. The molecule has 1 aromatic heterocycles. The number of ether oxygens (including phenoxy) is 1. The molecule has 1 N–H and O–H groups in total. The highest BCUT2D eigenvalue weighted by Gasteiger charge is 2.15. The largest absolute Gasteiger partial charge is 0.492 e. The van der Waals surface area contributed by atoms with Gasteiger partial charge < -0.3 is 10.1 Å². The zero-order valence-electron chi connectivity index (χ0n) is 17.2. The number of rotatable bonds is 8. The number of nitrogens with zero attached hydrogens (tertiary/aromatic N) is 3. The lowest BCUT2D eigenvalue weighted by Gasteiger charge is -2.12. The van der Waals surface area contributed by atoms with Crippen LogP contribution in [0.15, 0.2) is 47.6 Å². The standard InChI is InChI=1S/C22H26N4O2S/c1-15-6-9-19(10-7-15)28-12-11-23-21(27)14-29-22-25-24-18(4)26(22)20-13-16(2)5-8-17(20)3/h5-10,13H,11-12,14H2,1-4H3,(H,23,27). The minimum Gasteiger partial charge on any atom is -0.492 e. The number of thioether (sulfide) groups is 1. The molecule has 6 nitrogen and oxygen atoms in total. The molecule has 0 aliphatic carbocycles. The third-order valence-corrected chi connectivity index (χ3v) is 5.38. The molecular weight excluding hydrogens is 384 g/mol. The van der Waals surface area contributed by atoms with E-state index in [0.717, 1.165) is 22.8 Å². The second-order valence-electron chi connectivity index (χ2n) is 6.96. The van der Waals surface area contributed by atoms with E-state index in [0.29, 0.717) is 18.3 Å². The molecule has 0 atom stereocenters. The first-order chi connectivity index (χ1) is 13.9. The Kier molecular flexibility index (Phi) is 6.93. The van der Waals surface area contributed by atoms with Crippen molar-refractivity contribution < 1.29 is 9.53 Å². The highest BCUT2D eigenvalue weighted by atomic mass is 32.2. The zero-order chi connectivity index (χ0) is 20.8. The zero-order valence-corrected chi connectivity index (χ0v) is 18.0. The molecular formula is C22H26N4O2S. The molecule has 0 radical (unpaired) electrons. The predicted molar refractivity (Wildman–Crippen MR) is 116 cm³/mol. The first kappa shape index (κ1) is 20.9. The van der Waals surface area contributed by atoms with Gasteiger partial charge in [-0.05, 0) is 57.0 Å². The van der Waals surface area contributed by atoms with Gasteiger partial charge in [0.1, 0.15) is 18.2 Å². The van der Waals surface area contributed by atoms with Gasteiger partial charge in [-0.2, -0.15) is 0 Å². The second-order valence-corrected chi connectivity index (χ2v) is 7.90. The van der Waals surface area contributed by atoms with Gasteiger partial charge in [0.15, 0.2) is 5.16 Å². The van der Waals surface area contributed by atoms with Crippen molar-refractivity contribution >= 4 is 17.7 Å². The molecule has 1 heterocycles.